The van der Waals surface area contributed by atoms with Gasteiger partial charge in [-0.2, -0.15) is 0 Å². The predicted octanol–water partition coefficient (Wildman–Crippen LogP) is 3.22. The lowest BCUT2D eigenvalue weighted by molar-refractivity contribution is 0.164. The van der Waals surface area contributed by atoms with Crippen LogP contribution < -0.4 is 15.4 Å². The molecule has 1 aliphatic rings. The van der Waals surface area contributed by atoms with Crippen LogP contribution in [0.4, 0.5) is 0 Å². The van der Waals surface area contributed by atoms with Crippen LogP contribution in [-0.4, -0.2) is 70.1 Å². The largest absolute Gasteiger partial charge is 0.497 e. The molecule has 2 rings (SSSR count). The number of halogens is 1. The highest BCUT2D eigenvalue weighted by Gasteiger charge is 2.30. The predicted molar refractivity (Wildman–Crippen MR) is 139 cm³/mol. The van der Waals surface area contributed by atoms with Gasteiger partial charge < -0.3 is 15.4 Å². The van der Waals surface area contributed by atoms with Gasteiger partial charge in [-0.15, -0.1) is 24.0 Å². The third-order valence-electron chi connectivity index (χ3n) is 5.76. The Morgan fingerprint density at radius 1 is 1.16 bits per heavy atom. The van der Waals surface area contributed by atoms with Crippen LogP contribution in [0.5, 0.6) is 5.75 Å². The molecule has 1 unspecified atom stereocenters. The summed E-state index contributed by atoms with van der Waals surface area (Å²) >= 11 is 0. The number of rotatable bonds is 9. The number of guanidine groups is 1. The molecule has 1 atom stereocenters. The Kier molecular flexibility index (Phi) is 11.6. The first-order valence-corrected chi connectivity index (χ1v) is 12.7. The van der Waals surface area contributed by atoms with Crippen molar-refractivity contribution in [1.82, 2.24) is 15.5 Å². The molecule has 0 aliphatic carbocycles. The van der Waals surface area contributed by atoms with Crippen LogP contribution in [0.2, 0.25) is 0 Å². The van der Waals surface area contributed by atoms with Gasteiger partial charge in [0.05, 0.1) is 24.4 Å². The van der Waals surface area contributed by atoms with Gasteiger partial charge in [0.25, 0.3) is 0 Å². The normalized spacial score (nSPS) is 16.9. The van der Waals surface area contributed by atoms with Crippen molar-refractivity contribution in [3.8, 4) is 5.75 Å². The summed E-state index contributed by atoms with van der Waals surface area (Å²) in [7, 11) is -1.52. The molecule has 0 bridgehead atoms. The number of nitrogens with one attached hydrogen (secondary N) is 2. The van der Waals surface area contributed by atoms with E-state index in [4.69, 9.17) is 4.74 Å². The maximum Gasteiger partial charge on any atom is 0.191 e. The van der Waals surface area contributed by atoms with Crippen LogP contribution in [0.15, 0.2) is 29.3 Å². The second-order valence-corrected chi connectivity index (χ2v) is 11.1. The van der Waals surface area contributed by atoms with Gasteiger partial charge in [-0.3, -0.25) is 9.89 Å². The lowest BCUT2D eigenvalue weighted by Crippen LogP contribution is -2.45. The first-order chi connectivity index (χ1) is 14.2. The maximum absolute atomic E-state index is 12.0. The maximum atomic E-state index is 12.0. The number of likely N-dealkylation sites (tertiary alicyclic amines) is 1. The SMILES string of the molecule is CCNC(=NCC(C)(C)S(C)(=O)=O)NCC(c1ccc(OC)cc1)N1CCCCC1.I. The van der Waals surface area contributed by atoms with Crippen molar-refractivity contribution in [2.75, 3.05) is 46.1 Å². The average Bonchev–Trinajstić information content (AvgIpc) is 2.72. The molecule has 7 nitrogen and oxygen atoms in total. The molecule has 1 saturated heterocycles. The van der Waals surface area contributed by atoms with E-state index in [2.05, 4.69) is 32.7 Å². The summed E-state index contributed by atoms with van der Waals surface area (Å²) in [6.45, 7) is 9.19. The Morgan fingerprint density at radius 3 is 2.29 bits per heavy atom. The van der Waals surface area contributed by atoms with E-state index in [1.807, 2.05) is 19.1 Å². The number of nitrogens with zero attached hydrogens (tertiary/aromatic N) is 2. The zero-order valence-corrected chi connectivity index (χ0v) is 22.6. The number of ether oxygens (including phenoxy) is 1. The van der Waals surface area contributed by atoms with Gasteiger partial charge in [0.1, 0.15) is 5.75 Å². The summed E-state index contributed by atoms with van der Waals surface area (Å²) in [5.74, 6) is 1.49. The molecule has 1 fully saturated rings. The summed E-state index contributed by atoms with van der Waals surface area (Å²) in [6.07, 6.45) is 4.97. The fraction of sp³-hybridized carbons (Fsp3) is 0.682. The van der Waals surface area contributed by atoms with E-state index in [0.29, 0.717) is 19.0 Å². The summed E-state index contributed by atoms with van der Waals surface area (Å²) in [4.78, 5) is 7.08. The van der Waals surface area contributed by atoms with Gasteiger partial charge in [0.15, 0.2) is 15.8 Å². The number of methoxy groups -OCH3 is 1. The quantitative estimate of drug-likeness (QED) is 0.272. The number of piperidine rings is 1. The van der Waals surface area contributed by atoms with Crippen LogP contribution in [0.25, 0.3) is 0 Å². The Bertz CT molecular complexity index is 791. The Morgan fingerprint density at radius 2 is 1.77 bits per heavy atom. The number of hydrogen-bond donors (Lipinski definition) is 2. The highest BCUT2D eigenvalue weighted by Crippen LogP contribution is 2.26. The van der Waals surface area contributed by atoms with E-state index >= 15 is 0 Å². The molecule has 1 heterocycles. The van der Waals surface area contributed by atoms with Crippen LogP contribution in [-0.2, 0) is 9.84 Å². The van der Waals surface area contributed by atoms with Crippen LogP contribution in [0.3, 0.4) is 0 Å². The topological polar surface area (TPSA) is 83.0 Å². The zero-order chi connectivity index (χ0) is 22.2. The molecule has 9 heteroatoms. The number of benzene rings is 1. The molecule has 31 heavy (non-hydrogen) atoms. The van der Waals surface area contributed by atoms with Gasteiger partial charge >= 0.3 is 0 Å². The van der Waals surface area contributed by atoms with Crippen LogP contribution in [0.1, 0.15) is 51.6 Å². The van der Waals surface area contributed by atoms with Crippen molar-refractivity contribution in [2.45, 2.75) is 50.8 Å². The molecule has 1 aromatic carbocycles. The van der Waals surface area contributed by atoms with Crippen molar-refractivity contribution < 1.29 is 13.2 Å². The minimum absolute atomic E-state index is 0. The monoisotopic (exact) mass is 566 g/mol. The fourth-order valence-electron chi connectivity index (χ4n) is 3.44. The summed E-state index contributed by atoms with van der Waals surface area (Å²) in [6, 6.07) is 8.45. The smallest absolute Gasteiger partial charge is 0.191 e. The van der Waals surface area contributed by atoms with Gasteiger partial charge in [-0.1, -0.05) is 18.6 Å². The van der Waals surface area contributed by atoms with Gasteiger partial charge in [-0.05, 0) is 64.4 Å². The number of hydrogen-bond acceptors (Lipinski definition) is 5. The van der Waals surface area contributed by atoms with E-state index in [9.17, 15) is 8.42 Å². The van der Waals surface area contributed by atoms with Crippen LogP contribution >= 0.6 is 24.0 Å². The molecular weight excluding hydrogens is 527 g/mol. The number of aliphatic imine (C=N–C) groups is 1. The lowest BCUT2D eigenvalue weighted by Gasteiger charge is -2.35. The summed E-state index contributed by atoms with van der Waals surface area (Å²) < 4.78 is 28.4. The molecule has 2 N–H and O–H groups in total. The second-order valence-electron chi connectivity index (χ2n) is 8.49. The first kappa shape index (κ1) is 28.0. The van der Waals surface area contributed by atoms with Crippen molar-refractivity contribution >= 4 is 39.8 Å². The minimum Gasteiger partial charge on any atom is -0.497 e. The third kappa shape index (κ3) is 8.42. The van der Waals surface area contributed by atoms with E-state index in [-0.39, 0.29) is 36.6 Å². The average molecular weight is 567 g/mol. The zero-order valence-electron chi connectivity index (χ0n) is 19.5. The van der Waals surface area contributed by atoms with Crippen LogP contribution in [0, 0.1) is 0 Å². The van der Waals surface area contributed by atoms with E-state index in [0.717, 1.165) is 18.8 Å². The highest BCUT2D eigenvalue weighted by atomic mass is 127. The van der Waals surface area contributed by atoms with Gasteiger partial charge in [0.2, 0.25) is 0 Å². The summed E-state index contributed by atoms with van der Waals surface area (Å²) in [5, 5.41) is 6.68. The molecular formula is C22H39IN4O3S. The molecule has 0 aromatic heterocycles. The van der Waals surface area contributed by atoms with Crippen molar-refractivity contribution in [2.24, 2.45) is 4.99 Å². The highest BCUT2D eigenvalue weighted by molar-refractivity contribution is 14.0. The minimum atomic E-state index is -3.19. The molecule has 1 aromatic rings. The Labute approximate surface area is 205 Å². The van der Waals surface area contributed by atoms with Crippen molar-refractivity contribution in [1.29, 1.82) is 0 Å². The first-order valence-electron chi connectivity index (χ1n) is 10.8. The molecule has 0 spiro atoms. The van der Waals surface area contributed by atoms with Crippen molar-refractivity contribution in [3.63, 3.8) is 0 Å². The molecule has 0 amide bonds. The lowest BCUT2D eigenvalue weighted by atomic mass is 10.0. The standard InChI is InChI=1S/C22H38N4O3S.HI/c1-6-23-21(25-17-22(2,3)30(5,27)28)24-16-20(26-14-8-7-9-15-26)18-10-12-19(29-4)13-11-18;/h10-13,20H,6-9,14-17H2,1-5H3,(H2,23,24,25);1H. The van der Waals surface area contributed by atoms with E-state index < -0.39 is 14.6 Å². The molecule has 178 valence electrons. The Balaban J connectivity index is 0.00000480. The molecule has 0 radical (unpaired) electrons. The summed E-state index contributed by atoms with van der Waals surface area (Å²) in [5.41, 5.74) is 1.23. The third-order valence-corrected chi connectivity index (χ3v) is 7.90. The van der Waals surface area contributed by atoms with Gasteiger partial charge in [-0.25, -0.2) is 8.42 Å². The van der Waals surface area contributed by atoms with E-state index in [1.54, 1.807) is 21.0 Å². The van der Waals surface area contributed by atoms with Crippen molar-refractivity contribution in [3.05, 3.63) is 29.8 Å². The fourth-order valence-corrected chi connectivity index (χ4v) is 3.73. The second kappa shape index (κ2) is 12.8. The Hall–Kier alpha value is -1.07. The van der Waals surface area contributed by atoms with Gasteiger partial charge in [0, 0.05) is 19.3 Å². The molecule has 1 aliphatic heterocycles. The molecule has 0 saturated carbocycles. The number of sulfone groups is 1. The van der Waals surface area contributed by atoms with E-state index in [1.165, 1.54) is 31.1 Å².